The summed E-state index contributed by atoms with van der Waals surface area (Å²) in [5.74, 6) is -0.588. The molecule has 2 aromatic carbocycles. The summed E-state index contributed by atoms with van der Waals surface area (Å²) in [5, 5.41) is 0. The Kier molecular flexibility index (Phi) is 5.98. The number of hydrogen-bond donors (Lipinski definition) is 0. The fourth-order valence-electron chi connectivity index (χ4n) is 4.32. The van der Waals surface area contributed by atoms with Crippen molar-refractivity contribution < 1.29 is 31.1 Å². The zero-order chi connectivity index (χ0) is 23.1. The Balaban J connectivity index is 1.50. The summed E-state index contributed by atoms with van der Waals surface area (Å²) >= 11 is 0. The molecule has 0 saturated carbocycles. The first kappa shape index (κ1) is 22.7. The number of allylic oxidation sites excluding steroid dienone is 2. The molecule has 2 heterocycles. The maximum atomic E-state index is 15.6. The van der Waals surface area contributed by atoms with Crippen LogP contribution in [0.1, 0.15) is 24.0 Å². The molecular weight excluding hydrogens is 443 g/mol. The quantitative estimate of drug-likeness (QED) is 0.660. The Morgan fingerprint density at radius 1 is 1.00 bits per heavy atom. The van der Waals surface area contributed by atoms with Crippen LogP contribution in [0.25, 0.3) is 0 Å². The van der Waals surface area contributed by atoms with Gasteiger partial charge in [-0.25, -0.2) is 21.6 Å². The second-order valence-corrected chi connectivity index (χ2v) is 10.2. The number of fused-ring (bicyclic) bond motifs is 1. The van der Waals surface area contributed by atoms with Gasteiger partial charge in [-0.05, 0) is 48.2 Å². The van der Waals surface area contributed by atoms with Gasteiger partial charge in [-0.1, -0.05) is 0 Å². The minimum absolute atomic E-state index is 0.0333. The summed E-state index contributed by atoms with van der Waals surface area (Å²) in [5.41, 5.74) is -0.755. The van der Waals surface area contributed by atoms with Crippen molar-refractivity contribution in [3.8, 4) is 11.5 Å². The number of hydrogen-bond acceptors (Lipinski definition) is 5. The standard InChI is InChI=1S/C23H24F3NO4S/c1-30-20-10-16-9-19(32(28,29)22(16)12-21(20)31-2)13-23(26)3-5-27(6-4-23)14-15-7-17(24)11-18(25)8-15/h7-8,10-13H,3-6,9,14H2,1-2H3. The second-order valence-electron chi connectivity index (χ2n) is 8.19. The summed E-state index contributed by atoms with van der Waals surface area (Å²) in [7, 11) is -0.937. The third-order valence-electron chi connectivity index (χ3n) is 6.00. The van der Waals surface area contributed by atoms with Gasteiger partial charge in [0.1, 0.15) is 17.3 Å². The van der Waals surface area contributed by atoms with Crippen LogP contribution in [0.15, 0.2) is 46.2 Å². The Hall–Kier alpha value is -2.52. The fourth-order valence-corrected chi connectivity index (χ4v) is 6.05. The normalized spacial score (nSPS) is 20.8. The molecule has 172 valence electrons. The predicted octanol–water partition coefficient (Wildman–Crippen LogP) is 4.20. The summed E-state index contributed by atoms with van der Waals surface area (Å²) in [6, 6.07) is 6.35. The van der Waals surface area contributed by atoms with Gasteiger partial charge in [-0.15, -0.1) is 0 Å². The van der Waals surface area contributed by atoms with Gasteiger partial charge in [0.2, 0.25) is 9.84 Å². The zero-order valence-electron chi connectivity index (χ0n) is 17.8. The van der Waals surface area contributed by atoms with Crippen LogP contribution in [0.4, 0.5) is 13.2 Å². The van der Waals surface area contributed by atoms with Gasteiger partial charge < -0.3 is 9.47 Å². The van der Waals surface area contributed by atoms with E-state index in [4.69, 9.17) is 9.47 Å². The van der Waals surface area contributed by atoms with Crippen LogP contribution in [0.3, 0.4) is 0 Å². The molecule has 0 aliphatic carbocycles. The first-order chi connectivity index (χ1) is 15.1. The number of rotatable bonds is 5. The van der Waals surface area contributed by atoms with Gasteiger partial charge in [-0.3, -0.25) is 4.90 Å². The molecule has 2 aliphatic rings. The first-order valence-corrected chi connectivity index (χ1v) is 11.7. The lowest BCUT2D eigenvalue weighted by Gasteiger charge is -2.35. The average molecular weight is 468 g/mol. The van der Waals surface area contributed by atoms with Crippen LogP contribution in [-0.2, 0) is 22.8 Å². The Bertz CT molecular complexity index is 1150. The van der Waals surface area contributed by atoms with Crippen molar-refractivity contribution in [3.63, 3.8) is 0 Å². The number of alkyl halides is 1. The van der Waals surface area contributed by atoms with Crippen LogP contribution < -0.4 is 9.47 Å². The minimum atomic E-state index is -3.82. The summed E-state index contributed by atoms with van der Waals surface area (Å²) in [6.07, 6.45) is 1.51. The van der Waals surface area contributed by atoms with Crippen LogP contribution in [0.2, 0.25) is 0 Å². The highest BCUT2D eigenvalue weighted by atomic mass is 32.2. The van der Waals surface area contributed by atoms with Crippen molar-refractivity contribution in [2.24, 2.45) is 0 Å². The smallest absolute Gasteiger partial charge is 0.203 e. The van der Waals surface area contributed by atoms with E-state index >= 15 is 4.39 Å². The van der Waals surface area contributed by atoms with Gasteiger partial charge in [0.05, 0.1) is 24.0 Å². The highest BCUT2D eigenvalue weighted by molar-refractivity contribution is 7.95. The fraction of sp³-hybridized carbons (Fsp3) is 0.391. The topological polar surface area (TPSA) is 55.8 Å². The van der Waals surface area contributed by atoms with E-state index in [1.54, 1.807) is 6.07 Å². The van der Waals surface area contributed by atoms with Crippen molar-refractivity contribution in [1.29, 1.82) is 0 Å². The number of nitrogens with zero attached hydrogens (tertiary/aromatic N) is 1. The minimum Gasteiger partial charge on any atom is -0.493 e. The van der Waals surface area contributed by atoms with Gasteiger partial charge in [-0.2, -0.15) is 0 Å². The van der Waals surface area contributed by atoms with Crippen molar-refractivity contribution in [3.05, 3.63) is 64.1 Å². The van der Waals surface area contributed by atoms with Gasteiger partial charge in [0.25, 0.3) is 0 Å². The molecule has 0 spiro atoms. The zero-order valence-corrected chi connectivity index (χ0v) is 18.6. The molecule has 2 aliphatic heterocycles. The Morgan fingerprint density at radius 2 is 1.59 bits per heavy atom. The third-order valence-corrected chi connectivity index (χ3v) is 7.91. The highest BCUT2D eigenvalue weighted by Gasteiger charge is 2.39. The number of methoxy groups -OCH3 is 2. The number of sulfone groups is 1. The molecule has 0 aromatic heterocycles. The van der Waals surface area contributed by atoms with Crippen molar-refractivity contribution >= 4 is 9.84 Å². The number of halogens is 3. The lowest BCUT2D eigenvalue weighted by atomic mass is 9.92. The van der Waals surface area contributed by atoms with E-state index < -0.39 is 27.1 Å². The monoisotopic (exact) mass is 467 g/mol. The largest absolute Gasteiger partial charge is 0.493 e. The molecule has 4 rings (SSSR count). The maximum absolute atomic E-state index is 15.6. The molecule has 5 nitrogen and oxygen atoms in total. The molecule has 0 N–H and O–H groups in total. The highest BCUT2D eigenvalue weighted by Crippen LogP contribution is 2.43. The van der Waals surface area contributed by atoms with Gasteiger partial charge in [0.15, 0.2) is 11.5 Å². The molecule has 1 fully saturated rings. The third kappa shape index (κ3) is 4.36. The average Bonchev–Trinajstić information content (AvgIpc) is 2.97. The lowest BCUT2D eigenvalue weighted by molar-refractivity contribution is 0.0924. The molecule has 2 aromatic rings. The second kappa shape index (κ2) is 8.44. The SMILES string of the molecule is COc1cc2c(cc1OC)S(=O)(=O)C(=CC1(F)CCN(Cc3cc(F)cc(F)c3)CC1)C2. The molecule has 0 unspecified atom stereocenters. The maximum Gasteiger partial charge on any atom is 0.203 e. The van der Waals surface area contributed by atoms with E-state index in [1.165, 1.54) is 38.5 Å². The van der Waals surface area contributed by atoms with E-state index in [-0.39, 0.29) is 29.1 Å². The summed E-state index contributed by atoms with van der Waals surface area (Å²) in [4.78, 5) is 2.04. The molecule has 9 heteroatoms. The Morgan fingerprint density at radius 3 is 2.19 bits per heavy atom. The van der Waals surface area contributed by atoms with Gasteiger partial charge in [0, 0.05) is 38.2 Å². The molecule has 0 radical (unpaired) electrons. The van der Waals surface area contributed by atoms with Crippen molar-refractivity contribution in [1.82, 2.24) is 4.90 Å². The molecular formula is C23H24F3NO4S. The Labute approximate surface area is 185 Å². The van der Waals surface area contributed by atoms with Crippen LogP contribution in [-0.4, -0.2) is 46.3 Å². The number of piperidine rings is 1. The van der Waals surface area contributed by atoms with Crippen molar-refractivity contribution in [2.75, 3.05) is 27.3 Å². The number of likely N-dealkylation sites (tertiary alicyclic amines) is 1. The number of ether oxygens (including phenoxy) is 2. The summed E-state index contributed by atoms with van der Waals surface area (Å²) in [6.45, 7) is 0.977. The lowest BCUT2D eigenvalue weighted by Crippen LogP contribution is -2.40. The van der Waals surface area contributed by atoms with Gasteiger partial charge >= 0.3 is 0 Å². The van der Waals surface area contributed by atoms with Crippen LogP contribution in [0.5, 0.6) is 11.5 Å². The van der Waals surface area contributed by atoms with Crippen LogP contribution in [0, 0.1) is 11.6 Å². The van der Waals surface area contributed by atoms with E-state index in [2.05, 4.69) is 0 Å². The molecule has 0 atom stereocenters. The van der Waals surface area contributed by atoms with E-state index in [0.717, 1.165) is 6.07 Å². The molecule has 0 bridgehead atoms. The first-order valence-electron chi connectivity index (χ1n) is 10.2. The number of benzene rings is 2. The molecule has 32 heavy (non-hydrogen) atoms. The molecule has 0 amide bonds. The predicted molar refractivity (Wildman–Crippen MR) is 113 cm³/mol. The van der Waals surface area contributed by atoms with Crippen LogP contribution >= 0.6 is 0 Å². The van der Waals surface area contributed by atoms with E-state index in [9.17, 15) is 17.2 Å². The molecule has 1 saturated heterocycles. The van der Waals surface area contributed by atoms with Crippen molar-refractivity contribution in [2.45, 2.75) is 36.4 Å². The summed E-state index contributed by atoms with van der Waals surface area (Å²) < 4.78 is 78.9. The van der Waals surface area contributed by atoms with E-state index in [0.29, 0.717) is 42.3 Å². The van der Waals surface area contributed by atoms with E-state index in [1.807, 2.05) is 4.90 Å².